The Morgan fingerprint density at radius 3 is 2.32 bits per heavy atom. The van der Waals surface area contributed by atoms with Crippen LogP contribution in [0.4, 0.5) is 4.39 Å². The number of benzene rings is 2. The molecule has 1 atom stereocenters. The lowest BCUT2D eigenvalue weighted by Crippen LogP contribution is -2.30. The van der Waals surface area contributed by atoms with Gasteiger partial charge in [0.2, 0.25) is 10.0 Å². The first-order valence-corrected chi connectivity index (χ1v) is 8.76. The van der Waals surface area contributed by atoms with Crippen LogP contribution in [-0.4, -0.2) is 19.3 Å². The molecule has 1 unspecified atom stereocenters. The topological polar surface area (TPSA) is 37.4 Å². The van der Waals surface area contributed by atoms with Gasteiger partial charge in [0, 0.05) is 6.54 Å². The molecule has 5 heteroatoms. The molecular formula is C17H18FNO2S. The van der Waals surface area contributed by atoms with Crippen LogP contribution in [0.25, 0.3) is 0 Å². The van der Waals surface area contributed by atoms with Gasteiger partial charge in [-0.25, -0.2) is 12.8 Å². The standard InChI is InChI=1S/C17H18FNO2S/c1-13-4-6-14(7-5-13)17-3-2-12-19(17)22(20,21)16-10-8-15(18)9-11-16/h4-11,17H,2-3,12H2,1H3. The van der Waals surface area contributed by atoms with E-state index in [0.29, 0.717) is 6.54 Å². The molecule has 0 aliphatic carbocycles. The normalized spacial score (nSPS) is 19.5. The Morgan fingerprint density at radius 2 is 1.68 bits per heavy atom. The molecule has 1 aliphatic rings. The van der Waals surface area contributed by atoms with Gasteiger partial charge in [0.1, 0.15) is 5.82 Å². The van der Waals surface area contributed by atoms with Crippen molar-refractivity contribution in [2.45, 2.75) is 30.7 Å². The van der Waals surface area contributed by atoms with Crippen molar-refractivity contribution in [1.29, 1.82) is 0 Å². The van der Waals surface area contributed by atoms with Crippen molar-refractivity contribution in [2.24, 2.45) is 0 Å². The third kappa shape index (κ3) is 2.78. The highest BCUT2D eigenvalue weighted by Crippen LogP contribution is 2.36. The van der Waals surface area contributed by atoms with Crippen molar-refractivity contribution < 1.29 is 12.8 Å². The zero-order valence-electron chi connectivity index (χ0n) is 12.4. The summed E-state index contributed by atoms with van der Waals surface area (Å²) in [6, 6.07) is 12.8. The SMILES string of the molecule is Cc1ccc(C2CCCN2S(=O)(=O)c2ccc(F)cc2)cc1. The van der Waals surface area contributed by atoms with E-state index in [1.807, 2.05) is 31.2 Å². The van der Waals surface area contributed by atoms with E-state index in [1.165, 1.54) is 28.6 Å². The molecule has 1 aliphatic heterocycles. The Balaban J connectivity index is 1.95. The fraction of sp³-hybridized carbons (Fsp3) is 0.294. The van der Waals surface area contributed by atoms with Crippen LogP contribution in [0.5, 0.6) is 0 Å². The third-order valence-corrected chi connectivity index (χ3v) is 6.01. The fourth-order valence-corrected chi connectivity index (χ4v) is 4.57. The van der Waals surface area contributed by atoms with Crippen molar-refractivity contribution in [3.63, 3.8) is 0 Å². The van der Waals surface area contributed by atoms with E-state index in [0.717, 1.165) is 24.0 Å². The van der Waals surface area contributed by atoms with Gasteiger partial charge in [0.05, 0.1) is 10.9 Å². The maximum Gasteiger partial charge on any atom is 0.243 e. The minimum atomic E-state index is -3.60. The second-order valence-corrected chi connectivity index (χ2v) is 7.53. The van der Waals surface area contributed by atoms with E-state index in [9.17, 15) is 12.8 Å². The van der Waals surface area contributed by atoms with E-state index in [1.54, 1.807) is 0 Å². The molecule has 2 aromatic rings. The summed E-state index contributed by atoms with van der Waals surface area (Å²) in [6.45, 7) is 2.50. The molecule has 3 nitrogen and oxygen atoms in total. The van der Waals surface area contributed by atoms with Gasteiger partial charge in [-0.2, -0.15) is 4.31 Å². The lowest BCUT2D eigenvalue weighted by Gasteiger charge is -2.24. The van der Waals surface area contributed by atoms with Gasteiger partial charge in [0.15, 0.2) is 0 Å². The highest BCUT2D eigenvalue weighted by atomic mass is 32.2. The molecule has 0 saturated carbocycles. The maximum atomic E-state index is 13.0. The van der Waals surface area contributed by atoms with Gasteiger partial charge in [-0.3, -0.25) is 0 Å². The number of halogens is 1. The number of rotatable bonds is 3. The van der Waals surface area contributed by atoms with Crippen molar-refractivity contribution in [3.8, 4) is 0 Å². The van der Waals surface area contributed by atoms with Gasteiger partial charge >= 0.3 is 0 Å². The van der Waals surface area contributed by atoms with Gasteiger partial charge in [-0.05, 0) is 49.6 Å². The molecule has 22 heavy (non-hydrogen) atoms. The number of sulfonamides is 1. The molecule has 116 valence electrons. The quantitative estimate of drug-likeness (QED) is 0.866. The summed E-state index contributed by atoms with van der Waals surface area (Å²) in [5, 5.41) is 0. The molecule has 0 bridgehead atoms. The summed E-state index contributed by atoms with van der Waals surface area (Å²) in [7, 11) is -3.60. The Morgan fingerprint density at radius 1 is 1.05 bits per heavy atom. The summed E-state index contributed by atoms with van der Waals surface area (Å²) in [5.74, 6) is -0.435. The Bertz CT molecular complexity index is 754. The molecule has 1 saturated heterocycles. The first kappa shape index (κ1) is 15.2. The van der Waals surface area contributed by atoms with Crippen molar-refractivity contribution in [3.05, 3.63) is 65.5 Å². The van der Waals surface area contributed by atoms with E-state index in [4.69, 9.17) is 0 Å². The zero-order valence-corrected chi connectivity index (χ0v) is 13.2. The van der Waals surface area contributed by atoms with E-state index < -0.39 is 15.8 Å². The van der Waals surface area contributed by atoms with Gasteiger partial charge in [-0.15, -0.1) is 0 Å². The number of hydrogen-bond donors (Lipinski definition) is 0. The highest BCUT2D eigenvalue weighted by molar-refractivity contribution is 7.89. The first-order chi connectivity index (χ1) is 10.5. The van der Waals surface area contributed by atoms with Crippen molar-refractivity contribution >= 4 is 10.0 Å². The zero-order chi connectivity index (χ0) is 15.7. The minimum Gasteiger partial charge on any atom is -0.207 e. The molecule has 1 fully saturated rings. The monoisotopic (exact) mass is 319 g/mol. The Hall–Kier alpha value is -1.72. The fourth-order valence-electron chi connectivity index (χ4n) is 2.89. The third-order valence-electron chi connectivity index (χ3n) is 4.09. The summed E-state index contributed by atoms with van der Waals surface area (Å²) >= 11 is 0. The largest absolute Gasteiger partial charge is 0.243 e. The van der Waals surface area contributed by atoms with E-state index >= 15 is 0 Å². The lowest BCUT2D eigenvalue weighted by atomic mass is 10.0. The second kappa shape index (κ2) is 5.82. The Labute approximate surface area is 130 Å². The second-order valence-electron chi connectivity index (χ2n) is 5.64. The van der Waals surface area contributed by atoms with Gasteiger partial charge in [0.25, 0.3) is 0 Å². The summed E-state index contributed by atoms with van der Waals surface area (Å²) in [6.07, 6.45) is 1.64. The van der Waals surface area contributed by atoms with Crippen LogP contribution in [0.3, 0.4) is 0 Å². The molecule has 0 spiro atoms. The molecule has 1 heterocycles. The van der Waals surface area contributed by atoms with Gasteiger partial charge in [-0.1, -0.05) is 29.8 Å². The molecular weight excluding hydrogens is 301 g/mol. The summed E-state index contributed by atoms with van der Waals surface area (Å²) in [4.78, 5) is 0.146. The number of nitrogens with zero attached hydrogens (tertiary/aromatic N) is 1. The van der Waals surface area contributed by atoms with Crippen LogP contribution in [0.2, 0.25) is 0 Å². The van der Waals surface area contributed by atoms with E-state index in [-0.39, 0.29) is 10.9 Å². The molecule has 2 aromatic carbocycles. The first-order valence-electron chi connectivity index (χ1n) is 7.32. The molecule has 0 radical (unpaired) electrons. The minimum absolute atomic E-state index is 0.143. The molecule has 3 rings (SSSR count). The molecule has 0 aromatic heterocycles. The molecule has 0 amide bonds. The smallest absolute Gasteiger partial charge is 0.207 e. The van der Waals surface area contributed by atoms with E-state index in [2.05, 4.69) is 0 Å². The number of hydrogen-bond acceptors (Lipinski definition) is 2. The lowest BCUT2D eigenvalue weighted by molar-refractivity contribution is 0.396. The molecule has 0 N–H and O–H groups in total. The average molecular weight is 319 g/mol. The Kier molecular flexibility index (Phi) is 4.02. The van der Waals surface area contributed by atoms with Crippen LogP contribution in [0, 0.1) is 12.7 Å². The van der Waals surface area contributed by atoms with Gasteiger partial charge < -0.3 is 0 Å². The average Bonchev–Trinajstić information content (AvgIpc) is 2.99. The highest BCUT2D eigenvalue weighted by Gasteiger charge is 2.36. The summed E-state index contributed by atoms with van der Waals surface area (Å²) < 4.78 is 40.2. The van der Waals surface area contributed by atoms with Crippen LogP contribution in [0.15, 0.2) is 53.4 Å². The predicted molar refractivity (Wildman–Crippen MR) is 83.4 cm³/mol. The van der Waals surface area contributed by atoms with Crippen LogP contribution < -0.4 is 0 Å². The van der Waals surface area contributed by atoms with Crippen LogP contribution in [-0.2, 0) is 10.0 Å². The predicted octanol–water partition coefficient (Wildman–Crippen LogP) is 3.66. The number of aryl methyl sites for hydroxylation is 1. The van der Waals surface area contributed by atoms with Crippen LogP contribution >= 0.6 is 0 Å². The van der Waals surface area contributed by atoms with Crippen molar-refractivity contribution in [2.75, 3.05) is 6.54 Å². The van der Waals surface area contributed by atoms with Crippen LogP contribution in [0.1, 0.15) is 30.0 Å². The summed E-state index contributed by atoms with van der Waals surface area (Å²) in [5.41, 5.74) is 2.16. The van der Waals surface area contributed by atoms with Crippen molar-refractivity contribution in [1.82, 2.24) is 4.31 Å². The maximum absolute atomic E-state index is 13.0.